The summed E-state index contributed by atoms with van der Waals surface area (Å²) in [6.07, 6.45) is 6.89. The Kier molecular flexibility index (Phi) is 8.18. The van der Waals surface area contributed by atoms with Gasteiger partial charge in [0.2, 0.25) is 11.8 Å². The highest BCUT2D eigenvalue weighted by Crippen LogP contribution is 2.62. The summed E-state index contributed by atoms with van der Waals surface area (Å²) in [5, 5.41) is 28.4. The Hall–Kier alpha value is -2.29. The summed E-state index contributed by atoms with van der Waals surface area (Å²) in [6.45, 7) is 6.06. The van der Waals surface area contributed by atoms with Crippen LogP contribution in [0.15, 0.2) is 30.3 Å². The molecule has 0 radical (unpaired) electrons. The van der Waals surface area contributed by atoms with Gasteiger partial charge in [-0.3, -0.25) is 9.59 Å². The van der Waals surface area contributed by atoms with E-state index in [1.54, 1.807) is 0 Å². The van der Waals surface area contributed by atoms with Gasteiger partial charge in [-0.05, 0) is 55.9 Å². The van der Waals surface area contributed by atoms with Crippen LogP contribution in [0, 0.1) is 22.7 Å². The minimum Gasteiger partial charge on any atom is -0.396 e. The molecule has 5 rings (SSSR count). The molecule has 2 amide bonds. The van der Waals surface area contributed by atoms with Crippen LogP contribution in [0.3, 0.4) is 0 Å². The van der Waals surface area contributed by atoms with Crippen molar-refractivity contribution < 1.29 is 19.8 Å². The number of hydrogen-bond donors (Lipinski definition) is 4. The van der Waals surface area contributed by atoms with Crippen LogP contribution in [0.2, 0.25) is 0 Å². The van der Waals surface area contributed by atoms with E-state index in [1.807, 2.05) is 44.2 Å². The Balaban J connectivity index is 1.44. The molecule has 39 heavy (non-hydrogen) atoms. The normalized spacial score (nSPS) is 31.6. The molecule has 1 aromatic heterocycles. The third kappa shape index (κ3) is 5.40. The van der Waals surface area contributed by atoms with Gasteiger partial charge >= 0.3 is 0 Å². The third-order valence-electron chi connectivity index (χ3n) is 10.2. The number of carbonyl (C=O) groups excluding carboxylic acids is 2. The number of aromatic nitrogens is 1. The Bertz CT molecular complexity index is 1180. The molecule has 0 bridgehead atoms. The summed E-state index contributed by atoms with van der Waals surface area (Å²) in [4.78, 5) is 32.6. The van der Waals surface area contributed by atoms with Crippen molar-refractivity contribution in [2.24, 2.45) is 22.7 Å². The van der Waals surface area contributed by atoms with E-state index < -0.39 is 11.5 Å². The lowest BCUT2D eigenvalue weighted by atomic mass is 9.47. The maximum absolute atomic E-state index is 13.5. The zero-order valence-corrected chi connectivity index (χ0v) is 24.2. The zero-order valence-electron chi connectivity index (χ0n) is 23.4. The number of thiazole rings is 1. The predicted molar refractivity (Wildman–Crippen MR) is 153 cm³/mol. The van der Waals surface area contributed by atoms with Crippen molar-refractivity contribution in [1.29, 1.82) is 0 Å². The molecule has 3 aliphatic rings. The molecule has 1 aromatic carbocycles. The molecule has 2 aromatic rings. The number of benzene rings is 1. The predicted octanol–water partition coefficient (Wildman–Crippen LogP) is 5.34. The lowest BCUT2D eigenvalue weighted by Gasteiger charge is -2.58. The molecule has 1 heterocycles. The smallest absolute Gasteiger partial charge is 0.229 e. The van der Waals surface area contributed by atoms with Crippen LogP contribution in [-0.2, 0) is 16.0 Å². The molecule has 3 aliphatic carbocycles. The topological polar surface area (TPSA) is 112 Å². The molecule has 6 unspecified atom stereocenters. The van der Waals surface area contributed by atoms with Crippen molar-refractivity contribution in [1.82, 2.24) is 10.3 Å². The maximum atomic E-state index is 13.5. The molecule has 7 nitrogen and oxygen atoms in total. The molecule has 212 valence electrons. The van der Waals surface area contributed by atoms with E-state index in [2.05, 4.69) is 17.6 Å². The quantitative estimate of drug-likeness (QED) is 0.370. The van der Waals surface area contributed by atoms with Gasteiger partial charge in [0, 0.05) is 28.5 Å². The Morgan fingerprint density at radius 1 is 1.13 bits per heavy atom. The minimum absolute atomic E-state index is 0.0158. The average molecular weight is 554 g/mol. The van der Waals surface area contributed by atoms with E-state index >= 15 is 0 Å². The van der Waals surface area contributed by atoms with Crippen LogP contribution in [0.4, 0.5) is 5.13 Å². The first-order chi connectivity index (χ1) is 18.7. The fraction of sp³-hybridized carbons (Fsp3) is 0.645. The summed E-state index contributed by atoms with van der Waals surface area (Å²) in [5.41, 5.74) is 0.952. The number of rotatable bonds is 7. The number of amides is 2. The van der Waals surface area contributed by atoms with Crippen LogP contribution >= 0.6 is 11.3 Å². The van der Waals surface area contributed by atoms with Gasteiger partial charge in [0.25, 0.3) is 0 Å². The molecular weight excluding hydrogens is 510 g/mol. The van der Waals surface area contributed by atoms with Gasteiger partial charge in [0.15, 0.2) is 5.13 Å². The largest absolute Gasteiger partial charge is 0.396 e. The minimum atomic E-state index is -0.674. The second kappa shape index (κ2) is 11.3. The molecule has 2 fully saturated rings. The number of nitrogens with zero attached hydrogens (tertiary/aromatic N) is 1. The molecule has 2 saturated carbocycles. The Morgan fingerprint density at radius 2 is 1.85 bits per heavy atom. The summed E-state index contributed by atoms with van der Waals surface area (Å²) in [5.74, 6) is -0.149. The van der Waals surface area contributed by atoms with E-state index in [4.69, 9.17) is 4.98 Å². The monoisotopic (exact) mass is 553 g/mol. The highest BCUT2D eigenvalue weighted by molar-refractivity contribution is 7.15. The lowest BCUT2D eigenvalue weighted by molar-refractivity contribution is -0.144. The van der Waals surface area contributed by atoms with Gasteiger partial charge in [0.05, 0.1) is 24.4 Å². The van der Waals surface area contributed by atoms with Crippen molar-refractivity contribution in [3.63, 3.8) is 0 Å². The summed E-state index contributed by atoms with van der Waals surface area (Å²) in [7, 11) is 0. The van der Waals surface area contributed by atoms with Crippen LogP contribution in [0.1, 0.15) is 100 Å². The second-order valence-corrected chi connectivity index (χ2v) is 13.7. The first-order valence-corrected chi connectivity index (χ1v) is 15.4. The van der Waals surface area contributed by atoms with Gasteiger partial charge in [-0.15, -0.1) is 11.3 Å². The van der Waals surface area contributed by atoms with E-state index in [0.717, 1.165) is 48.2 Å². The van der Waals surface area contributed by atoms with Crippen molar-refractivity contribution in [3.8, 4) is 0 Å². The van der Waals surface area contributed by atoms with Crippen LogP contribution < -0.4 is 10.6 Å². The molecule has 8 heteroatoms. The fourth-order valence-electron chi connectivity index (χ4n) is 7.58. The SMILES string of the molecule is CC(NC(=O)CC1c2nc(NC(=O)C3CCCCC3)sc2CC2C(C)(CO)C(O)CCC12C)c1ccccc1. The van der Waals surface area contributed by atoms with Crippen molar-refractivity contribution in [3.05, 3.63) is 46.5 Å². The van der Waals surface area contributed by atoms with Gasteiger partial charge in [-0.25, -0.2) is 4.98 Å². The average Bonchev–Trinajstić information content (AvgIpc) is 3.35. The van der Waals surface area contributed by atoms with Gasteiger partial charge in [-0.2, -0.15) is 0 Å². The summed E-state index contributed by atoms with van der Waals surface area (Å²) >= 11 is 1.50. The zero-order chi connectivity index (χ0) is 27.8. The number of carbonyl (C=O) groups is 2. The number of fused-ring (bicyclic) bond motifs is 2. The number of anilines is 1. The molecule has 0 saturated heterocycles. The lowest BCUT2D eigenvalue weighted by Crippen LogP contribution is -2.57. The number of aliphatic hydroxyl groups excluding tert-OH is 2. The molecule has 0 spiro atoms. The van der Waals surface area contributed by atoms with Crippen LogP contribution in [0.25, 0.3) is 0 Å². The first kappa shape index (κ1) is 28.2. The van der Waals surface area contributed by atoms with Crippen LogP contribution in [0.5, 0.6) is 0 Å². The van der Waals surface area contributed by atoms with E-state index in [1.165, 1.54) is 17.8 Å². The van der Waals surface area contributed by atoms with Gasteiger partial charge < -0.3 is 20.8 Å². The first-order valence-electron chi connectivity index (χ1n) is 14.6. The van der Waals surface area contributed by atoms with E-state index in [-0.39, 0.29) is 54.1 Å². The molecular formula is C31H43N3O4S. The summed E-state index contributed by atoms with van der Waals surface area (Å²) < 4.78 is 0. The summed E-state index contributed by atoms with van der Waals surface area (Å²) in [6, 6.07) is 9.81. The fourth-order valence-corrected chi connectivity index (χ4v) is 8.65. The van der Waals surface area contributed by atoms with E-state index in [9.17, 15) is 19.8 Å². The number of aliphatic hydroxyl groups is 2. The Morgan fingerprint density at radius 3 is 2.54 bits per heavy atom. The highest BCUT2D eigenvalue weighted by Gasteiger charge is 2.59. The molecule has 0 aliphatic heterocycles. The van der Waals surface area contributed by atoms with Crippen LogP contribution in [-0.4, -0.2) is 39.7 Å². The Labute approximate surface area is 235 Å². The van der Waals surface area contributed by atoms with Crippen molar-refractivity contribution >= 4 is 28.3 Å². The number of nitrogens with one attached hydrogen (secondary N) is 2. The second-order valence-electron chi connectivity index (χ2n) is 12.6. The van der Waals surface area contributed by atoms with Crippen molar-refractivity contribution in [2.45, 2.75) is 96.6 Å². The van der Waals surface area contributed by atoms with Crippen molar-refractivity contribution in [2.75, 3.05) is 11.9 Å². The highest BCUT2D eigenvalue weighted by atomic mass is 32.1. The van der Waals surface area contributed by atoms with Gasteiger partial charge in [-0.1, -0.05) is 63.4 Å². The van der Waals surface area contributed by atoms with E-state index in [0.29, 0.717) is 18.0 Å². The molecule has 6 atom stereocenters. The standard InChI is InChI=1S/C31H43N3O4S/c1-19(20-10-6-4-7-11-20)32-26(37)16-22-27-23(17-24-30(22,2)15-14-25(36)31(24,3)18-35)39-29(33-27)34-28(38)21-12-8-5-9-13-21/h4,6-7,10-11,19,21-22,24-25,35-36H,5,8-9,12-18H2,1-3H3,(H,32,37)(H,33,34,38). The third-order valence-corrected chi connectivity index (χ3v) is 11.2. The van der Waals surface area contributed by atoms with Gasteiger partial charge in [0.1, 0.15) is 0 Å². The maximum Gasteiger partial charge on any atom is 0.229 e. The number of hydrogen-bond acceptors (Lipinski definition) is 6. The molecule has 4 N–H and O–H groups in total.